The highest BCUT2D eigenvalue weighted by atomic mass is 32.2. The fourth-order valence-electron chi connectivity index (χ4n) is 2.97. The van der Waals surface area contributed by atoms with E-state index in [4.69, 9.17) is 4.52 Å². The molecular formula is C15H17N3OS. The zero-order valence-electron chi connectivity index (χ0n) is 11.2. The van der Waals surface area contributed by atoms with Crippen molar-refractivity contribution in [2.45, 2.75) is 36.1 Å². The molecule has 2 unspecified atom stereocenters. The van der Waals surface area contributed by atoms with Gasteiger partial charge in [-0.05, 0) is 31.0 Å². The molecule has 2 aromatic rings. The minimum atomic E-state index is 0.251. The summed E-state index contributed by atoms with van der Waals surface area (Å²) in [6, 6.07) is 8.77. The van der Waals surface area contributed by atoms with Crippen LogP contribution < -0.4 is 5.32 Å². The van der Waals surface area contributed by atoms with Crippen molar-refractivity contribution in [1.82, 2.24) is 15.5 Å². The van der Waals surface area contributed by atoms with E-state index in [1.54, 1.807) is 0 Å². The highest BCUT2D eigenvalue weighted by molar-refractivity contribution is 7.99. The van der Waals surface area contributed by atoms with Crippen molar-refractivity contribution in [1.29, 1.82) is 0 Å². The van der Waals surface area contributed by atoms with Crippen LogP contribution in [0.25, 0.3) is 0 Å². The molecule has 2 atom stereocenters. The second kappa shape index (κ2) is 5.22. The summed E-state index contributed by atoms with van der Waals surface area (Å²) in [6.45, 7) is 1.05. The first-order chi connectivity index (χ1) is 9.92. The normalized spacial score (nSPS) is 25.6. The number of benzene rings is 1. The van der Waals surface area contributed by atoms with Crippen molar-refractivity contribution >= 4 is 11.8 Å². The molecule has 1 saturated heterocycles. The van der Waals surface area contributed by atoms with Crippen molar-refractivity contribution in [2.24, 2.45) is 0 Å². The van der Waals surface area contributed by atoms with Crippen molar-refractivity contribution < 1.29 is 4.52 Å². The lowest BCUT2D eigenvalue weighted by atomic mass is 10.0. The number of nitrogens with zero attached hydrogens (tertiary/aromatic N) is 2. The van der Waals surface area contributed by atoms with E-state index >= 15 is 0 Å². The SMILES string of the molecule is c1ccc2c(c1)SCC2c1nc(C2CCCCN2)no1. The van der Waals surface area contributed by atoms with E-state index in [1.807, 2.05) is 11.8 Å². The van der Waals surface area contributed by atoms with Gasteiger partial charge in [0, 0.05) is 10.6 Å². The molecule has 0 spiro atoms. The molecule has 2 aliphatic heterocycles. The van der Waals surface area contributed by atoms with Crippen LogP contribution in [0.3, 0.4) is 0 Å². The van der Waals surface area contributed by atoms with Crippen LogP contribution in [0.2, 0.25) is 0 Å². The fourth-order valence-corrected chi connectivity index (χ4v) is 4.19. The molecule has 104 valence electrons. The molecule has 1 fully saturated rings. The van der Waals surface area contributed by atoms with E-state index in [2.05, 4.69) is 39.7 Å². The fraction of sp³-hybridized carbons (Fsp3) is 0.467. The van der Waals surface area contributed by atoms with Crippen molar-refractivity contribution in [2.75, 3.05) is 12.3 Å². The summed E-state index contributed by atoms with van der Waals surface area (Å²) in [5.41, 5.74) is 1.32. The Bertz CT molecular complexity index is 607. The molecule has 3 heterocycles. The van der Waals surface area contributed by atoms with Crippen LogP contribution in [0.5, 0.6) is 0 Å². The smallest absolute Gasteiger partial charge is 0.235 e. The maximum absolute atomic E-state index is 5.54. The summed E-state index contributed by atoms with van der Waals surface area (Å²) in [6.07, 6.45) is 3.59. The summed E-state index contributed by atoms with van der Waals surface area (Å²) >= 11 is 1.87. The molecule has 1 aromatic heterocycles. The van der Waals surface area contributed by atoms with Gasteiger partial charge in [0.25, 0.3) is 0 Å². The number of thioether (sulfide) groups is 1. The van der Waals surface area contributed by atoms with Crippen LogP contribution in [0.15, 0.2) is 33.7 Å². The summed E-state index contributed by atoms with van der Waals surface area (Å²) in [5, 5.41) is 7.67. The molecular weight excluding hydrogens is 270 g/mol. The lowest BCUT2D eigenvalue weighted by molar-refractivity contribution is 0.345. The second-order valence-corrected chi connectivity index (χ2v) is 6.46. The van der Waals surface area contributed by atoms with Crippen molar-refractivity contribution in [3.63, 3.8) is 0 Å². The first-order valence-corrected chi connectivity index (χ1v) is 8.19. The first-order valence-electron chi connectivity index (χ1n) is 7.20. The van der Waals surface area contributed by atoms with Gasteiger partial charge in [-0.2, -0.15) is 4.98 Å². The number of hydrogen-bond acceptors (Lipinski definition) is 5. The molecule has 1 aromatic carbocycles. The molecule has 5 heteroatoms. The Kier molecular flexibility index (Phi) is 3.24. The van der Waals surface area contributed by atoms with Crippen molar-refractivity contribution in [3.8, 4) is 0 Å². The Morgan fingerprint density at radius 3 is 3.10 bits per heavy atom. The summed E-state index contributed by atoms with van der Waals surface area (Å²) in [7, 11) is 0. The van der Waals surface area contributed by atoms with Gasteiger partial charge < -0.3 is 9.84 Å². The van der Waals surface area contributed by atoms with Gasteiger partial charge in [0.1, 0.15) is 0 Å². The standard InChI is InChI=1S/C15H17N3OS/c1-2-7-13-10(5-1)11(9-20-13)15-17-14(18-19-15)12-6-3-4-8-16-12/h1-2,5,7,11-12,16H,3-4,6,8-9H2. The predicted molar refractivity (Wildman–Crippen MR) is 77.9 cm³/mol. The molecule has 4 nitrogen and oxygen atoms in total. The van der Waals surface area contributed by atoms with Crippen LogP contribution in [0.4, 0.5) is 0 Å². The van der Waals surface area contributed by atoms with Crippen LogP contribution in [0.1, 0.15) is 48.5 Å². The number of hydrogen-bond donors (Lipinski definition) is 1. The quantitative estimate of drug-likeness (QED) is 0.919. The third kappa shape index (κ3) is 2.15. The maximum Gasteiger partial charge on any atom is 0.235 e. The zero-order chi connectivity index (χ0) is 13.4. The van der Waals surface area contributed by atoms with Gasteiger partial charge in [0.05, 0.1) is 12.0 Å². The molecule has 0 bridgehead atoms. The number of nitrogens with one attached hydrogen (secondary N) is 1. The van der Waals surface area contributed by atoms with Crippen LogP contribution in [-0.2, 0) is 0 Å². The molecule has 1 N–H and O–H groups in total. The largest absolute Gasteiger partial charge is 0.339 e. The monoisotopic (exact) mass is 287 g/mol. The average Bonchev–Trinajstić information content (AvgIpc) is 3.14. The predicted octanol–water partition coefficient (Wildman–Crippen LogP) is 3.12. The van der Waals surface area contributed by atoms with E-state index in [1.165, 1.54) is 23.3 Å². The van der Waals surface area contributed by atoms with Gasteiger partial charge in [-0.25, -0.2) is 0 Å². The van der Waals surface area contributed by atoms with Gasteiger partial charge in [-0.1, -0.05) is 29.8 Å². The molecule has 2 aliphatic rings. The number of aromatic nitrogens is 2. The Morgan fingerprint density at radius 1 is 1.25 bits per heavy atom. The number of piperidine rings is 1. The van der Waals surface area contributed by atoms with Gasteiger partial charge in [0.15, 0.2) is 5.82 Å². The van der Waals surface area contributed by atoms with E-state index in [-0.39, 0.29) is 12.0 Å². The highest BCUT2D eigenvalue weighted by Crippen LogP contribution is 2.42. The van der Waals surface area contributed by atoms with Gasteiger partial charge in [0.2, 0.25) is 5.89 Å². The van der Waals surface area contributed by atoms with E-state index in [9.17, 15) is 0 Å². The van der Waals surface area contributed by atoms with Crippen LogP contribution >= 0.6 is 11.8 Å². The zero-order valence-corrected chi connectivity index (χ0v) is 12.0. The van der Waals surface area contributed by atoms with E-state index in [0.29, 0.717) is 0 Å². The van der Waals surface area contributed by atoms with E-state index < -0.39 is 0 Å². The van der Waals surface area contributed by atoms with Crippen molar-refractivity contribution in [3.05, 3.63) is 41.5 Å². The summed E-state index contributed by atoms with van der Waals surface area (Å²) in [4.78, 5) is 6.00. The second-order valence-electron chi connectivity index (χ2n) is 5.39. The minimum Gasteiger partial charge on any atom is -0.339 e. The van der Waals surface area contributed by atoms with Gasteiger partial charge >= 0.3 is 0 Å². The lowest BCUT2D eigenvalue weighted by Crippen LogP contribution is -2.27. The first kappa shape index (κ1) is 12.4. The third-order valence-electron chi connectivity index (χ3n) is 4.08. The topological polar surface area (TPSA) is 51.0 Å². The number of rotatable bonds is 2. The van der Waals surface area contributed by atoms with Crippen LogP contribution in [0, 0.1) is 0 Å². The Hall–Kier alpha value is -1.33. The molecule has 0 aliphatic carbocycles. The van der Waals surface area contributed by atoms with Gasteiger partial charge in [-0.15, -0.1) is 11.8 Å². The third-order valence-corrected chi connectivity index (χ3v) is 5.26. The minimum absolute atomic E-state index is 0.251. The summed E-state index contributed by atoms with van der Waals surface area (Å²) < 4.78 is 5.54. The Balaban J connectivity index is 1.59. The molecule has 20 heavy (non-hydrogen) atoms. The van der Waals surface area contributed by atoms with Crippen LogP contribution in [-0.4, -0.2) is 22.4 Å². The highest BCUT2D eigenvalue weighted by Gasteiger charge is 2.30. The van der Waals surface area contributed by atoms with Gasteiger partial charge in [-0.3, -0.25) is 0 Å². The molecule has 0 saturated carbocycles. The average molecular weight is 287 g/mol. The Labute approximate surface area is 122 Å². The summed E-state index contributed by atoms with van der Waals surface area (Å²) in [5.74, 6) is 2.85. The molecule has 0 radical (unpaired) electrons. The molecule has 4 rings (SSSR count). The lowest BCUT2D eigenvalue weighted by Gasteiger charge is -2.19. The number of fused-ring (bicyclic) bond motifs is 1. The maximum atomic E-state index is 5.54. The molecule has 0 amide bonds. The Morgan fingerprint density at radius 2 is 2.20 bits per heavy atom. The van der Waals surface area contributed by atoms with E-state index in [0.717, 1.165) is 30.4 Å².